The van der Waals surface area contributed by atoms with E-state index < -0.39 is 5.92 Å². The van der Waals surface area contributed by atoms with E-state index >= 15 is 0 Å². The van der Waals surface area contributed by atoms with Gasteiger partial charge in [-0.05, 0) is 33.1 Å². The summed E-state index contributed by atoms with van der Waals surface area (Å²) in [5, 5.41) is 14.7. The van der Waals surface area contributed by atoms with E-state index in [1.807, 2.05) is 20.8 Å². The van der Waals surface area contributed by atoms with Gasteiger partial charge in [-0.3, -0.25) is 4.79 Å². The van der Waals surface area contributed by atoms with E-state index in [0.29, 0.717) is 13.0 Å². The van der Waals surface area contributed by atoms with E-state index in [2.05, 4.69) is 10.5 Å². The molecule has 0 aliphatic carbocycles. The van der Waals surface area contributed by atoms with Crippen molar-refractivity contribution < 1.29 is 14.7 Å². The van der Waals surface area contributed by atoms with Gasteiger partial charge in [0.2, 0.25) is 5.91 Å². The lowest BCUT2D eigenvalue weighted by atomic mass is 9.93. The van der Waals surface area contributed by atoms with Gasteiger partial charge < -0.3 is 21.0 Å². The molecule has 0 spiro atoms. The van der Waals surface area contributed by atoms with Crippen LogP contribution in [0, 0.1) is 5.92 Å². The fraction of sp³-hybridized carbons (Fsp3) is 0.846. The van der Waals surface area contributed by atoms with E-state index in [4.69, 9.17) is 15.7 Å². The molecule has 0 radical (unpaired) electrons. The average molecular weight is 271 g/mol. The Morgan fingerprint density at radius 3 is 2.84 bits per heavy atom. The molecule has 1 fully saturated rings. The van der Waals surface area contributed by atoms with Crippen molar-refractivity contribution in [3.8, 4) is 0 Å². The zero-order valence-electron chi connectivity index (χ0n) is 12.0. The first kappa shape index (κ1) is 15.8. The van der Waals surface area contributed by atoms with Crippen LogP contribution in [0.1, 0.15) is 46.5 Å². The molecule has 2 atom stereocenters. The highest BCUT2D eigenvalue weighted by Gasteiger charge is 2.31. The molecule has 2 unspecified atom stereocenters. The number of carbonyl (C=O) groups is 1. The van der Waals surface area contributed by atoms with Crippen molar-refractivity contribution in [2.75, 3.05) is 6.61 Å². The second kappa shape index (κ2) is 6.75. The van der Waals surface area contributed by atoms with Crippen LogP contribution in [0.2, 0.25) is 0 Å². The fourth-order valence-corrected chi connectivity index (χ4v) is 2.43. The maximum absolute atomic E-state index is 12.2. The molecule has 19 heavy (non-hydrogen) atoms. The summed E-state index contributed by atoms with van der Waals surface area (Å²) in [5.41, 5.74) is 5.36. The second-order valence-corrected chi connectivity index (χ2v) is 5.67. The molecule has 6 heteroatoms. The monoisotopic (exact) mass is 271 g/mol. The molecule has 1 saturated heterocycles. The predicted octanol–water partition coefficient (Wildman–Crippen LogP) is 1.22. The Kier molecular flexibility index (Phi) is 5.60. The van der Waals surface area contributed by atoms with Gasteiger partial charge in [-0.25, -0.2) is 0 Å². The highest BCUT2D eigenvalue weighted by atomic mass is 16.5. The second-order valence-electron chi connectivity index (χ2n) is 5.67. The van der Waals surface area contributed by atoms with E-state index in [1.54, 1.807) is 0 Å². The van der Waals surface area contributed by atoms with Crippen LogP contribution < -0.4 is 11.1 Å². The van der Waals surface area contributed by atoms with Crippen molar-refractivity contribution in [1.29, 1.82) is 0 Å². The molecule has 0 aromatic heterocycles. The Balaban J connectivity index is 2.61. The number of oxime groups is 1. The maximum atomic E-state index is 12.2. The van der Waals surface area contributed by atoms with Gasteiger partial charge in [-0.15, -0.1) is 0 Å². The first-order valence-electron chi connectivity index (χ1n) is 6.81. The number of ether oxygens (including phenoxy) is 1. The molecule has 0 aromatic rings. The van der Waals surface area contributed by atoms with Gasteiger partial charge in [0.15, 0.2) is 5.84 Å². The lowest BCUT2D eigenvalue weighted by molar-refractivity contribution is -0.126. The molecule has 110 valence electrons. The summed E-state index contributed by atoms with van der Waals surface area (Å²) in [4.78, 5) is 12.2. The molecular weight excluding hydrogens is 246 g/mol. The summed E-state index contributed by atoms with van der Waals surface area (Å²) in [6, 6.07) is 0.0853. The number of amides is 1. The quantitative estimate of drug-likeness (QED) is 0.303. The molecule has 1 aliphatic rings. The molecule has 1 rings (SSSR count). The van der Waals surface area contributed by atoms with Gasteiger partial charge in [0.1, 0.15) is 0 Å². The van der Waals surface area contributed by atoms with Crippen molar-refractivity contribution in [3.63, 3.8) is 0 Å². The molecular formula is C13H25N3O3. The maximum Gasteiger partial charge on any atom is 0.231 e. The molecule has 0 bridgehead atoms. The minimum atomic E-state index is -0.555. The molecule has 0 saturated carbocycles. The van der Waals surface area contributed by atoms with Crippen molar-refractivity contribution >= 4 is 11.7 Å². The fourth-order valence-electron chi connectivity index (χ4n) is 2.43. The Bertz CT molecular complexity index is 342. The normalized spacial score (nSPS) is 24.8. The number of carbonyl (C=O) groups excluding carboxylic acids is 1. The number of amidine groups is 1. The molecule has 6 nitrogen and oxygen atoms in total. The molecule has 1 aliphatic heterocycles. The third-order valence-electron chi connectivity index (χ3n) is 3.41. The van der Waals surface area contributed by atoms with E-state index in [9.17, 15) is 4.79 Å². The SMILES string of the molecule is CCCC(C(=O)NC1CCOC(C)(C)C1)C(N)=NO. The number of nitrogens with two attached hydrogens (primary N) is 1. The summed E-state index contributed by atoms with van der Waals surface area (Å²) >= 11 is 0. The van der Waals surface area contributed by atoms with Crippen LogP contribution in [-0.4, -0.2) is 35.2 Å². The number of nitrogens with one attached hydrogen (secondary N) is 1. The topological polar surface area (TPSA) is 96.9 Å². The minimum absolute atomic E-state index is 0.0225. The van der Waals surface area contributed by atoms with Gasteiger partial charge in [0.25, 0.3) is 0 Å². The van der Waals surface area contributed by atoms with Crippen LogP contribution in [0.15, 0.2) is 5.16 Å². The Labute approximate surface area is 114 Å². The zero-order chi connectivity index (χ0) is 14.5. The van der Waals surface area contributed by atoms with Crippen LogP contribution in [0.3, 0.4) is 0 Å². The van der Waals surface area contributed by atoms with Crippen LogP contribution in [0.4, 0.5) is 0 Å². The van der Waals surface area contributed by atoms with Crippen molar-refractivity contribution in [2.45, 2.75) is 58.1 Å². The van der Waals surface area contributed by atoms with Gasteiger partial charge in [0, 0.05) is 12.6 Å². The van der Waals surface area contributed by atoms with Crippen LogP contribution in [0.5, 0.6) is 0 Å². The van der Waals surface area contributed by atoms with E-state index in [1.165, 1.54) is 0 Å². The number of hydrogen-bond acceptors (Lipinski definition) is 4. The van der Waals surface area contributed by atoms with Crippen LogP contribution >= 0.6 is 0 Å². The Hall–Kier alpha value is -1.30. The first-order valence-corrected chi connectivity index (χ1v) is 6.81. The number of rotatable bonds is 5. The highest BCUT2D eigenvalue weighted by Crippen LogP contribution is 2.24. The van der Waals surface area contributed by atoms with Gasteiger partial charge in [-0.2, -0.15) is 0 Å². The smallest absolute Gasteiger partial charge is 0.231 e. The van der Waals surface area contributed by atoms with E-state index in [-0.39, 0.29) is 23.4 Å². The van der Waals surface area contributed by atoms with Crippen molar-refractivity contribution in [2.24, 2.45) is 16.8 Å². The van der Waals surface area contributed by atoms with Crippen LogP contribution in [-0.2, 0) is 9.53 Å². The van der Waals surface area contributed by atoms with E-state index in [0.717, 1.165) is 19.3 Å². The summed E-state index contributed by atoms with van der Waals surface area (Å²) in [6.07, 6.45) is 2.94. The largest absolute Gasteiger partial charge is 0.409 e. The molecule has 4 N–H and O–H groups in total. The lowest BCUT2D eigenvalue weighted by Crippen LogP contribution is -2.49. The molecule has 0 aromatic carbocycles. The molecule has 1 amide bonds. The Morgan fingerprint density at radius 1 is 1.63 bits per heavy atom. The number of nitrogens with zero attached hydrogens (tertiary/aromatic N) is 1. The van der Waals surface area contributed by atoms with Gasteiger partial charge in [-0.1, -0.05) is 18.5 Å². The summed E-state index contributed by atoms with van der Waals surface area (Å²) in [6.45, 7) is 6.62. The lowest BCUT2D eigenvalue weighted by Gasteiger charge is -2.36. The van der Waals surface area contributed by atoms with Crippen molar-refractivity contribution in [3.05, 3.63) is 0 Å². The molecule has 1 heterocycles. The standard InChI is InChI=1S/C13H25N3O3/c1-4-5-10(11(14)16-18)12(17)15-9-6-7-19-13(2,3)8-9/h9-10,18H,4-8H2,1-3H3,(H2,14,16)(H,15,17). The first-order chi connectivity index (χ1) is 8.89. The average Bonchev–Trinajstić information content (AvgIpc) is 2.33. The minimum Gasteiger partial charge on any atom is -0.409 e. The zero-order valence-corrected chi connectivity index (χ0v) is 12.0. The summed E-state index contributed by atoms with van der Waals surface area (Å²) in [7, 11) is 0. The highest BCUT2D eigenvalue weighted by molar-refractivity contribution is 6.02. The third kappa shape index (κ3) is 4.70. The summed E-state index contributed by atoms with van der Waals surface area (Å²) in [5.74, 6) is -0.744. The number of hydrogen-bond donors (Lipinski definition) is 3. The Morgan fingerprint density at radius 2 is 2.32 bits per heavy atom. The van der Waals surface area contributed by atoms with Gasteiger partial charge in [0.05, 0.1) is 11.5 Å². The van der Waals surface area contributed by atoms with Gasteiger partial charge >= 0.3 is 0 Å². The third-order valence-corrected chi connectivity index (χ3v) is 3.41. The van der Waals surface area contributed by atoms with Crippen molar-refractivity contribution in [1.82, 2.24) is 5.32 Å². The predicted molar refractivity (Wildman–Crippen MR) is 73.0 cm³/mol. The summed E-state index contributed by atoms with van der Waals surface area (Å²) < 4.78 is 5.61. The van der Waals surface area contributed by atoms with Crippen LogP contribution in [0.25, 0.3) is 0 Å².